The molecule has 0 aromatic carbocycles. The number of nitrogens with zero attached hydrogens (tertiary/aromatic N) is 1. The van der Waals surface area contributed by atoms with Crippen LogP contribution in [0.25, 0.3) is 0 Å². The van der Waals surface area contributed by atoms with Crippen molar-refractivity contribution in [2.24, 2.45) is 5.92 Å². The van der Waals surface area contributed by atoms with Gasteiger partial charge >= 0.3 is 0 Å². The zero-order valence-electron chi connectivity index (χ0n) is 9.88. The van der Waals surface area contributed by atoms with Crippen molar-refractivity contribution in [2.45, 2.75) is 25.6 Å². The normalized spacial score (nSPS) is 30.5. The summed E-state index contributed by atoms with van der Waals surface area (Å²) in [7, 11) is 0. The topological polar surface area (TPSA) is 21.7 Å². The van der Waals surface area contributed by atoms with Gasteiger partial charge in [0.2, 0.25) is 0 Å². The maximum atomic E-state index is 5.75. The van der Waals surface area contributed by atoms with E-state index >= 15 is 0 Å². The van der Waals surface area contributed by atoms with Gasteiger partial charge in [-0.05, 0) is 26.3 Å². The highest BCUT2D eigenvalue weighted by molar-refractivity contribution is 9.11. The third-order valence-corrected chi connectivity index (χ3v) is 3.75. The Bertz CT molecular complexity index is 264. The van der Waals surface area contributed by atoms with E-state index in [0.717, 1.165) is 37.3 Å². The Labute approximate surface area is 106 Å². The van der Waals surface area contributed by atoms with Gasteiger partial charge in [-0.15, -0.1) is 0 Å². The summed E-state index contributed by atoms with van der Waals surface area (Å²) in [6.45, 7) is 10.6. The van der Waals surface area contributed by atoms with Gasteiger partial charge < -0.3 is 9.47 Å². The number of ether oxygens (including phenoxy) is 2. The van der Waals surface area contributed by atoms with E-state index in [4.69, 9.17) is 9.47 Å². The first kappa shape index (κ1) is 12.6. The summed E-state index contributed by atoms with van der Waals surface area (Å²) >= 11 is 3.43. The average molecular weight is 290 g/mol. The lowest BCUT2D eigenvalue weighted by Crippen LogP contribution is -2.47. The second-order valence-corrected chi connectivity index (χ2v) is 5.93. The maximum Gasteiger partial charge on any atom is 0.169 e. The average Bonchev–Trinajstić information content (AvgIpc) is 2.66. The monoisotopic (exact) mass is 289 g/mol. The van der Waals surface area contributed by atoms with E-state index < -0.39 is 0 Å². The molecule has 4 heteroatoms. The number of piperidine rings is 1. The Morgan fingerprint density at radius 2 is 2.19 bits per heavy atom. The van der Waals surface area contributed by atoms with Crippen molar-refractivity contribution < 1.29 is 9.47 Å². The van der Waals surface area contributed by atoms with Crippen LogP contribution in [0.1, 0.15) is 19.8 Å². The highest BCUT2D eigenvalue weighted by Crippen LogP contribution is 2.34. The largest absolute Gasteiger partial charge is 0.347 e. The van der Waals surface area contributed by atoms with Crippen molar-refractivity contribution >= 4 is 15.9 Å². The molecular weight excluding hydrogens is 270 g/mol. The van der Waals surface area contributed by atoms with Crippen molar-refractivity contribution in [3.05, 3.63) is 11.1 Å². The van der Waals surface area contributed by atoms with Gasteiger partial charge in [0.1, 0.15) is 0 Å². The van der Waals surface area contributed by atoms with Crippen molar-refractivity contribution in [3.63, 3.8) is 0 Å². The molecule has 2 fully saturated rings. The van der Waals surface area contributed by atoms with E-state index in [9.17, 15) is 0 Å². The minimum absolute atomic E-state index is 0.355. The summed E-state index contributed by atoms with van der Waals surface area (Å²) in [5, 5.41) is 0. The molecular formula is C12H20BrNO2. The van der Waals surface area contributed by atoms with Crippen molar-refractivity contribution in [1.82, 2.24) is 4.90 Å². The van der Waals surface area contributed by atoms with Crippen LogP contribution in [-0.2, 0) is 9.47 Å². The summed E-state index contributed by atoms with van der Waals surface area (Å²) < 4.78 is 12.5. The lowest BCUT2D eigenvalue weighted by Gasteiger charge is -2.39. The predicted molar refractivity (Wildman–Crippen MR) is 67.5 cm³/mol. The standard InChI is InChI=1S/C12H20BrNO2/c1-10(13)8-14-5-3-4-11(9-14)12(2)15-6-7-16-12/h11H,1,3-9H2,2H3. The van der Waals surface area contributed by atoms with Gasteiger partial charge in [0.05, 0.1) is 13.2 Å². The van der Waals surface area contributed by atoms with Gasteiger partial charge in [-0.1, -0.05) is 22.5 Å². The van der Waals surface area contributed by atoms with Gasteiger partial charge in [-0.2, -0.15) is 0 Å². The molecule has 2 aliphatic heterocycles. The Morgan fingerprint density at radius 3 is 2.81 bits per heavy atom. The van der Waals surface area contributed by atoms with E-state index in [1.807, 2.05) is 0 Å². The molecule has 0 aromatic heterocycles. The molecule has 1 unspecified atom stereocenters. The quantitative estimate of drug-likeness (QED) is 0.796. The molecule has 0 spiro atoms. The van der Waals surface area contributed by atoms with E-state index in [1.165, 1.54) is 12.8 Å². The molecule has 0 radical (unpaired) electrons. The van der Waals surface area contributed by atoms with Crippen molar-refractivity contribution in [3.8, 4) is 0 Å². The van der Waals surface area contributed by atoms with Crippen molar-refractivity contribution in [1.29, 1.82) is 0 Å². The molecule has 92 valence electrons. The lowest BCUT2D eigenvalue weighted by molar-refractivity contribution is -0.191. The summed E-state index contributed by atoms with van der Waals surface area (Å²) in [5.74, 6) is 0.127. The lowest BCUT2D eigenvalue weighted by atomic mass is 9.90. The highest BCUT2D eigenvalue weighted by atomic mass is 79.9. The highest BCUT2D eigenvalue weighted by Gasteiger charge is 2.41. The molecule has 0 amide bonds. The van der Waals surface area contributed by atoms with Crippen LogP contribution >= 0.6 is 15.9 Å². The molecule has 0 bridgehead atoms. The smallest absolute Gasteiger partial charge is 0.169 e. The molecule has 16 heavy (non-hydrogen) atoms. The first-order valence-corrected chi connectivity index (χ1v) is 6.73. The zero-order valence-corrected chi connectivity index (χ0v) is 11.5. The zero-order chi connectivity index (χ0) is 11.6. The number of hydrogen-bond donors (Lipinski definition) is 0. The minimum atomic E-state index is -0.355. The summed E-state index contributed by atoms with van der Waals surface area (Å²) in [5.41, 5.74) is 0. The predicted octanol–water partition coefficient (Wildman–Crippen LogP) is 2.37. The second kappa shape index (κ2) is 5.17. The van der Waals surface area contributed by atoms with Gasteiger partial charge in [0, 0.05) is 23.5 Å². The van der Waals surface area contributed by atoms with Gasteiger partial charge in [0.15, 0.2) is 5.79 Å². The Kier molecular flexibility index (Phi) is 4.06. The molecule has 2 rings (SSSR count). The number of rotatable bonds is 3. The number of hydrogen-bond acceptors (Lipinski definition) is 3. The SMILES string of the molecule is C=C(Br)CN1CCCC(C2(C)OCCO2)C1. The third-order valence-electron chi connectivity index (χ3n) is 3.50. The molecule has 1 atom stereocenters. The Morgan fingerprint density at radius 1 is 1.50 bits per heavy atom. The first-order valence-electron chi connectivity index (χ1n) is 5.94. The van der Waals surface area contributed by atoms with Crippen molar-refractivity contribution in [2.75, 3.05) is 32.8 Å². The molecule has 0 aliphatic carbocycles. The maximum absolute atomic E-state index is 5.75. The van der Waals surface area contributed by atoms with E-state index in [2.05, 4.69) is 34.3 Å². The van der Waals surface area contributed by atoms with E-state index in [1.54, 1.807) is 0 Å². The van der Waals surface area contributed by atoms with Crippen LogP contribution in [0.4, 0.5) is 0 Å². The molecule has 3 nitrogen and oxygen atoms in total. The number of halogens is 1. The van der Waals surface area contributed by atoms with Crippen LogP contribution in [0.15, 0.2) is 11.1 Å². The van der Waals surface area contributed by atoms with E-state index in [0.29, 0.717) is 5.92 Å². The minimum Gasteiger partial charge on any atom is -0.347 e. The third kappa shape index (κ3) is 2.86. The fourth-order valence-electron chi connectivity index (χ4n) is 2.64. The van der Waals surface area contributed by atoms with Gasteiger partial charge in [0.25, 0.3) is 0 Å². The molecule has 2 heterocycles. The fourth-order valence-corrected chi connectivity index (χ4v) is 2.99. The number of likely N-dealkylation sites (tertiary alicyclic amines) is 1. The van der Waals surface area contributed by atoms with Crippen LogP contribution in [0.3, 0.4) is 0 Å². The Hall–Kier alpha value is 0.1000. The van der Waals surface area contributed by atoms with Crippen LogP contribution in [0, 0.1) is 5.92 Å². The Balaban J connectivity index is 1.93. The second-order valence-electron chi connectivity index (χ2n) is 4.80. The van der Waals surface area contributed by atoms with Gasteiger partial charge in [-0.25, -0.2) is 0 Å². The van der Waals surface area contributed by atoms with Gasteiger partial charge in [-0.3, -0.25) is 4.90 Å². The summed E-state index contributed by atoms with van der Waals surface area (Å²) in [6.07, 6.45) is 2.41. The molecule has 2 saturated heterocycles. The van der Waals surface area contributed by atoms with Crippen LogP contribution in [-0.4, -0.2) is 43.5 Å². The first-order chi connectivity index (χ1) is 7.60. The van der Waals surface area contributed by atoms with Crippen LogP contribution in [0.2, 0.25) is 0 Å². The van der Waals surface area contributed by atoms with Crippen LogP contribution < -0.4 is 0 Å². The molecule has 0 aromatic rings. The van der Waals surface area contributed by atoms with E-state index in [-0.39, 0.29) is 5.79 Å². The molecule has 0 N–H and O–H groups in total. The summed E-state index contributed by atoms with van der Waals surface area (Å²) in [4.78, 5) is 2.42. The molecule has 0 saturated carbocycles. The fraction of sp³-hybridized carbons (Fsp3) is 0.833. The van der Waals surface area contributed by atoms with Crippen LogP contribution in [0.5, 0.6) is 0 Å². The summed E-state index contributed by atoms with van der Waals surface area (Å²) in [6, 6.07) is 0. The molecule has 2 aliphatic rings.